The first-order valence-electron chi connectivity index (χ1n) is 6.55. The minimum Gasteiger partial charge on any atom is -0.337 e. The lowest BCUT2D eigenvalue weighted by Crippen LogP contribution is -2.32. The number of nitrogens with zero attached hydrogens (tertiary/aromatic N) is 1. The van der Waals surface area contributed by atoms with Crippen LogP contribution in [0, 0.1) is 0 Å². The van der Waals surface area contributed by atoms with Gasteiger partial charge in [0, 0.05) is 24.0 Å². The Morgan fingerprint density at radius 3 is 1.83 bits per heavy atom. The Labute approximate surface area is 108 Å². The molecule has 0 amide bonds. The zero-order valence-corrected chi connectivity index (χ0v) is 10.4. The second kappa shape index (κ2) is 5.23. The fourth-order valence-electron chi connectivity index (χ4n) is 2.61. The number of para-hydroxylation sites is 2. The van der Waals surface area contributed by atoms with Crippen molar-refractivity contribution in [3.8, 4) is 0 Å². The maximum absolute atomic E-state index is 3.45. The highest BCUT2D eigenvalue weighted by Gasteiger charge is 2.23. The van der Waals surface area contributed by atoms with Gasteiger partial charge >= 0.3 is 0 Å². The van der Waals surface area contributed by atoms with Gasteiger partial charge in [-0.25, -0.2) is 0 Å². The van der Waals surface area contributed by atoms with Crippen molar-refractivity contribution in [3.63, 3.8) is 0 Å². The third-order valence-corrected chi connectivity index (χ3v) is 3.47. The van der Waals surface area contributed by atoms with Gasteiger partial charge in [0.2, 0.25) is 0 Å². The smallest absolute Gasteiger partial charge is 0.0478 e. The summed E-state index contributed by atoms with van der Waals surface area (Å²) in [4.78, 5) is 2.44. The van der Waals surface area contributed by atoms with E-state index in [0.29, 0.717) is 6.04 Å². The number of rotatable bonds is 3. The van der Waals surface area contributed by atoms with Crippen molar-refractivity contribution >= 4 is 11.4 Å². The zero-order chi connectivity index (χ0) is 12.2. The second-order valence-electron chi connectivity index (χ2n) is 4.69. The summed E-state index contributed by atoms with van der Waals surface area (Å²) in [5, 5.41) is 3.45. The van der Waals surface area contributed by atoms with Crippen LogP contribution in [0.3, 0.4) is 0 Å². The largest absolute Gasteiger partial charge is 0.337 e. The Balaban J connectivity index is 1.98. The minimum absolute atomic E-state index is 0.551. The summed E-state index contributed by atoms with van der Waals surface area (Å²) in [6.45, 7) is 2.17. The highest BCUT2D eigenvalue weighted by molar-refractivity contribution is 5.64. The van der Waals surface area contributed by atoms with Crippen LogP contribution in [0.4, 0.5) is 11.4 Å². The lowest BCUT2D eigenvalue weighted by molar-refractivity contribution is 0.712. The number of benzene rings is 2. The van der Waals surface area contributed by atoms with Crippen molar-refractivity contribution in [2.45, 2.75) is 12.5 Å². The summed E-state index contributed by atoms with van der Waals surface area (Å²) in [5.74, 6) is 0. The van der Waals surface area contributed by atoms with Gasteiger partial charge in [0.1, 0.15) is 0 Å². The second-order valence-corrected chi connectivity index (χ2v) is 4.69. The Bertz CT molecular complexity index is 435. The Morgan fingerprint density at radius 1 is 0.833 bits per heavy atom. The van der Waals surface area contributed by atoms with E-state index in [9.17, 15) is 0 Å². The first-order valence-corrected chi connectivity index (χ1v) is 6.55. The van der Waals surface area contributed by atoms with Crippen molar-refractivity contribution in [1.29, 1.82) is 0 Å². The van der Waals surface area contributed by atoms with Gasteiger partial charge in [-0.2, -0.15) is 0 Å². The molecule has 1 unspecified atom stereocenters. The van der Waals surface area contributed by atoms with Crippen LogP contribution in [0.1, 0.15) is 6.42 Å². The molecule has 3 rings (SSSR count). The van der Waals surface area contributed by atoms with Crippen LogP contribution >= 0.6 is 0 Å². The normalized spacial score (nSPS) is 18.8. The molecule has 2 nitrogen and oxygen atoms in total. The van der Waals surface area contributed by atoms with Gasteiger partial charge in [-0.1, -0.05) is 36.4 Å². The molecule has 2 aromatic rings. The SMILES string of the molecule is c1ccc(N(c2ccccc2)C2CCNC2)cc1. The maximum Gasteiger partial charge on any atom is 0.0478 e. The van der Waals surface area contributed by atoms with E-state index in [1.807, 2.05) is 0 Å². The van der Waals surface area contributed by atoms with E-state index in [1.54, 1.807) is 0 Å². The van der Waals surface area contributed by atoms with Gasteiger partial charge in [0.25, 0.3) is 0 Å². The molecule has 1 aliphatic heterocycles. The molecule has 0 saturated carbocycles. The molecule has 1 aliphatic rings. The van der Waals surface area contributed by atoms with E-state index in [1.165, 1.54) is 17.8 Å². The highest BCUT2D eigenvalue weighted by Crippen LogP contribution is 2.29. The molecular weight excluding hydrogens is 220 g/mol. The molecule has 2 heteroatoms. The summed E-state index contributed by atoms with van der Waals surface area (Å²) in [7, 11) is 0. The van der Waals surface area contributed by atoms with Crippen molar-refractivity contribution < 1.29 is 0 Å². The topological polar surface area (TPSA) is 15.3 Å². The third kappa shape index (κ3) is 2.24. The van der Waals surface area contributed by atoms with Crippen LogP contribution in [-0.2, 0) is 0 Å². The van der Waals surface area contributed by atoms with Crippen LogP contribution in [-0.4, -0.2) is 19.1 Å². The fraction of sp³-hybridized carbons (Fsp3) is 0.250. The summed E-state index contributed by atoms with van der Waals surface area (Å²) < 4.78 is 0. The molecule has 2 aromatic carbocycles. The summed E-state index contributed by atoms with van der Waals surface area (Å²) in [5.41, 5.74) is 2.55. The average Bonchev–Trinajstić information content (AvgIpc) is 2.95. The molecule has 1 fully saturated rings. The maximum atomic E-state index is 3.45. The van der Waals surface area contributed by atoms with Gasteiger partial charge in [-0.05, 0) is 37.2 Å². The quantitative estimate of drug-likeness (QED) is 0.883. The third-order valence-electron chi connectivity index (χ3n) is 3.47. The predicted molar refractivity (Wildman–Crippen MR) is 76.3 cm³/mol. The van der Waals surface area contributed by atoms with Crippen LogP contribution < -0.4 is 10.2 Å². The number of anilines is 2. The molecule has 18 heavy (non-hydrogen) atoms. The molecule has 1 atom stereocenters. The van der Waals surface area contributed by atoms with Crippen molar-refractivity contribution in [2.75, 3.05) is 18.0 Å². The molecule has 1 N–H and O–H groups in total. The lowest BCUT2D eigenvalue weighted by atomic mass is 10.1. The molecule has 0 radical (unpaired) electrons. The average molecular weight is 238 g/mol. The van der Waals surface area contributed by atoms with Gasteiger partial charge in [0.15, 0.2) is 0 Å². The van der Waals surface area contributed by atoms with E-state index in [2.05, 4.69) is 70.9 Å². The molecule has 0 bridgehead atoms. The van der Waals surface area contributed by atoms with Gasteiger partial charge in [0.05, 0.1) is 0 Å². The highest BCUT2D eigenvalue weighted by atomic mass is 15.2. The van der Waals surface area contributed by atoms with E-state index in [-0.39, 0.29) is 0 Å². The van der Waals surface area contributed by atoms with E-state index < -0.39 is 0 Å². The number of hydrogen-bond acceptors (Lipinski definition) is 2. The molecule has 1 saturated heterocycles. The fourth-order valence-corrected chi connectivity index (χ4v) is 2.61. The Morgan fingerprint density at radius 2 is 1.39 bits per heavy atom. The summed E-state index contributed by atoms with van der Waals surface area (Å²) >= 11 is 0. The van der Waals surface area contributed by atoms with Gasteiger partial charge in [-0.3, -0.25) is 0 Å². The zero-order valence-electron chi connectivity index (χ0n) is 10.4. The van der Waals surface area contributed by atoms with Gasteiger partial charge < -0.3 is 10.2 Å². The minimum atomic E-state index is 0.551. The molecule has 92 valence electrons. The van der Waals surface area contributed by atoms with Crippen LogP contribution in [0.15, 0.2) is 60.7 Å². The molecular formula is C16H18N2. The first-order chi connectivity index (χ1) is 8.95. The van der Waals surface area contributed by atoms with Crippen LogP contribution in [0.2, 0.25) is 0 Å². The van der Waals surface area contributed by atoms with E-state index in [4.69, 9.17) is 0 Å². The Hall–Kier alpha value is -1.80. The van der Waals surface area contributed by atoms with Crippen molar-refractivity contribution in [3.05, 3.63) is 60.7 Å². The van der Waals surface area contributed by atoms with Crippen molar-refractivity contribution in [1.82, 2.24) is 5.32 Å². The van der Waals surface area contributed by atoms with Crippen LogP contribution in [0.5, 0.6) is 0 Å². The monoisotopic (exact) mass is 238 g/mol. The van der Waals surface area contributed by atoms with Crippen molar-refractivity contribution in [2.24, 2.45) is 0 Å². The van der Waals surface area contributed by atoms with E-state index in [0.717, 1.165) is 13.1 Å². The molecule has 0 aliphatic carbocycles. The number of nitrogens with one attached hydrogen (secondary N) is 1. The summed E-state index contributed by atoms with van der Waals surface area (Å²) in [6, 6.07) is 21.9. The number of hydrogen-bond donors (Lipinski definition) is 1. The standard InChI is InChI=1S/C16H18N2/c1-3-7-14(8-4-1)18(16-11-12-17-13-16)15-9-5-2-6-10-15/h1-10,16-17H,11-13H2. The summed E-state index contributed by atoms with van der Waals surface area (Å²) in [6.07, 6.45) is 1.20. The predicted octanol–water partition coefficient (Wildman–Crippen LogP) is 3.19. The molecule has 1 heterocycles. The lowest BCUT2D eigenvalue weighted by Gasteiger charge is -2.30. The molecule has 0 spiro atoms. The molecule has 0 aromatic heterocycles. The van der Waals surface area contributed by atoms with Gasteiger partial charge in [-0.15, -0.1) is 0 Å². The van der Waals surface area contributed by atoms with Crippen LogP contribution in [0.25, 0.3) is 0 Å². The first kappa shape index (κ1) is 11.3. The Kier molecular flexibility index (Phi) is 3.29. The van der Waals surface area contributed by atoms with E-state index >= 15 is 0 Å².